The number of carbonyl (C=O) groups is 1. The number of nitrogens with zero attached hydrogens (tertiary/aromatic N) is 2. The molecule has 1 aromatic carbocycles. The van der Waals surface area contributed by atoms with Gasteiger partial charge >= 0.3 is 0 Å². The van der Waals surface area contributed by atoms with E-state index in [-0.39, 0.29) is 17.9 Å². The van der Waals surface area contributed by atoms with Crippen LogP contribution >= 0.6 is 0 Å². The van der Waals surface area contributed by atoms with Crippen molar-refractivity contribution in [3.8, 4) is 0 Å². The molecule has 0 saturated carbocycles. The lowest BCUT2D eigenvalue weighted by Gasteiger charge is -2.34. The third kappa shape index (κ3) is 3.31. The zero-order valence-corrected chi connectivity index (χ0v) is 12.5. The van der Waals surface area contributed by atoms with E-state index in [2.05, 4.69) is 0 Å². The summed E-state index contributed by atoms with van der Waals surface area (Å²) in [6.45, 7) is 3.26. The second-order valence-corrected chi connectivity index (χ2v) is 5.84. The van der Waals surface area contributed by atoms with Crippen LogP contribution in [0.15, 0.2) is 24.3 Å². The molecule has 2 rings (SSSR count). The molecule has 110 valence electrons. The zero-order chi connectivity index (χ0) is 14.7. The quantitative estimate of drug-likeness (QED) is 0.918. The van der Waals surface area contributed by atoms with Gasteiger partial charge in [-0.15, -0.1) is 0 Å². The number of carbonyl (C=O) groups excluding carboxylic acids is 1. The topological polar surface area (TPSA) is 43.8 Å². The predicted octanol–water partition coefficient (Wildman–Crippen LogP) is 1.99. The summed E-state index contributed by atoms with van der Waals surface area (Å²) in [5, 5.41) is 9.70. The Balaban J connectivity index is 2.06. The molecule has 1 aromatic rings. The van der Waals surface area contributed by atoms with Crippen LogP contribution in [0.3, 0.4) is 0 Å². The van der Waals surface area contributed by atoms with Crippen LogP contribution in [0.2, 0.25) is 0 Å². The number of anilines is 1. The monoisotopic (exact) mass is 276 g/mol. The summed E-state index contributed by atoms with van der Waals surface area (Å²) in [4.78, 5) is 16.4. The molecule has 1 fully saturated rings. The van der Waals surface area contributed by atoms with Crippen LogP contribution in [0.25, 0.3) is 0 Å². The van der Waals surface area contributed by atoms with Crippen molar-refractivity contribution in [3.05, 3.63) is 29.8 Å². The molecule has 1 aliphatic heterocycles. The van der Waals surface area contributed by atoms with Crippen LogP contribution in [-0.4, -0.2) is 49.2 Å². The summed E-state index contributed by atoms with van der Waals surface area (Å²) in [6.07, 6.45) is 1.62. The molecule has 0 aliphatic carbocycles. The van der Waals surface area contributed by atoms with Gasteiger partial charge in [-0.2, -0.15) is 0 Å². The Morgan fingerprint density at radius 3 is 2.55 bits per heavy atom. The van der Waals surface area contributed by atoms with Crippen LogP contribution in [0.5, 0.6) is 0 Å². The van der Waals surface area contributed by atoms with E-state index in [0.717, 1.165) is 30.6 Å². The lowest BCUT2D eigenvalue weighted by molar-refractivity contribution is 0.0466. The normalized spacial score (nSPS) is 20.6. The minimum Gasteiger partial charge on any atom is -0.393 e. The van der Waals surface area contributed by atoms with E-state index in [0.29, 0.717) is 6.54 Å². The van der Waals surface area contributed by atoms with Crippen molar-refractivity contribution in [1.82, 2.24) is 4.90 Å². The van der Waals surface area contributed by atoms with Crippen molar-refractivity contribution < 1.29 is 9.90 Å². The van der Waals surface area contributed by atoms with Crippen LogP contribution < -0.4 is 4.90 Å². The van der Waals surface area contributed by atoms with E-state index in [1.54, 1.807) is 0 Å². The van der Waals surface area contributed by atoms with Crippen molar-refractivity contribution in [3.63, 3.8) is 0 Å². The summed E-state index contributed by atoms with van der Waals surface area (Å²) in [5.41, 5.74) is 1.81. The highest BCUT2D eigenvalue weighted by molar-refractivity contribution is 5.94. The first-order valence-electron chi connectivity index (χ1n) is 7.23. The molecule has 20 heavy (non-hydrogen) atoms. The van der Waals surface area contributed by atoms with Crippen molar-refractivity contribution in [2.24, 2.45) is 5.92 Å². The first kappa shape index (κ1) is 14.9. The average Bonchev–Trinajstić information content (AvgIpc) is 2.46. The highest BCUT2D eigenvalue weighted by atomic mass is 16.3. The Kier molecular flexibility index (Phi) is 4.65. The van der Waals surface area contributed by atoms with E-state index in [1.165, 1.54) is 0 Å². The van der Waals surface area contributed by atoms with Gasteiger partial charge in [0.2, 0.25) is 0 Å². The molecular weight excluding hydrogens is 252 g/mol. The van der Waals surface area contributed by atoms with Gasteiger partial charge in [0.05, 0.1) is 6.10 Å². The molecule has 2 atom stereocenters. The van der Waals surface area contributed by atoms with E-state index in [9.17, 15) is 9.90 Å². The van der Waals surface area contributed by atoms with Gasteiger partial charge < -0.3 is 14.9 Å². The van der Waals surface area contributed by atoms with Gasteiger partial charge in [-0.05, 0) is 44.0 Å². The number of aliphatic hydroxyl groups is 1. The maximum Gasteiger partial charge on any atom is 0.253 e. The lowest BCUT2D eigenvalue weighted by atomic mass is 9.93. The summed E-state index contributed by atoms with van der Waals surface area (Å²) >= 11 is 0. The Morgan fingerprint density at radius 1 is 1.35 bits per heavy atom. The zero-order valence-electron chi connectivity index (χ0n) is 12.5. The third-order valence-corrected chi connectivity index (χ3v) is 4.06. The molecule has 1 amide bonds. The summed E-state index contributed by atoms with van der Waals surface area (Å²) in [6, 6.07) is 7.68. The number of likely N-dealkylation sites (tertiary alicyclic amines) is 1. The number of hydrogen-bond acceptors (Lipinski definition) is 3. The van der Waals surface area contributed by atoms with Crippen molar-refractivity contribution >= 4 is 11.6 Å². The molecule has 0 radical (unpaired) electrons. The molecule has 1 saturated heterocycles. The maximum absolute atomic E-state index is 12.5. The van der Waals surface area contributed by atoms with Crippen LogP contribution in [0.4, 0.5) is 5.69 Å². The Hall–Kier alpha value is -1.55. The average molecular weight is 276 g/mol. The summed E-state index contributed by atoms with van der Waals surface area (Å²) in [7, 11) is 3.96. The van der Waals surface area contributed by atoms with Crippen molar-refractivity contribution in [2.45, 2.75) is 25.9 Å². The molecule has 1 aliphatic rings. The van der Waals surface area contributed by atoms with Gasteiger partial charge in [-0.25, -0.2) is 0 Å². The van der Waals surface area contributed by atoms with Crippen LogP contribution in [0, 0.1) is 5.92 Å². The van der Waals surface area contributed by atoms with E-state index in [4.69, 9.17) is 0 Å². The number of benzene rings is 1. The van der Waals surface area contributed by atoms with E-state index < -0.39 is 0 Å². The van der Waals surface area contributed by atoms with Crippen LogP contribution in [0.1, 0.15) is 30.1 Å². The molecule has 1 N–H and O–H groups in total. The van der Waals surface area contributed by atoms with Gasteiger partial charge in [0, 0.05) is 44.4 Å². The smallest absolute Gasteiger partial charge is 0.253 e. The van der Waals surface area contributed by atoms with E-state index in [1.807, 2.05) is 55.1 Å². The first-order chi connectivity index (χ1) is 9.49. The molecule has 4 nitrogen and oxygen atoms in total. The van der Waals surface area contributed by atoms with Gasteiger partial charge in [-0.3, -0.25) is 4.79 Å². The summed E-state index contributed by atoms with van der Waals surface area (Å²) < 4.78 is 0. The molecule has 4 heteroatoms. The standard InChI is InChI=1S/C16H24N2O2/c1-12(19)14-5-4-10-18(11-14)16(20)13-6-8-15(9-7-13)17(2)3/h6-9,12,14,19H,4-5,10-11H2,1-3H3. The van der Waals surface area contributed by atoms with E-state index >= 15 is 0 Å². The van der Waals surface area contributed by atoms with Crippen molar-refractivity contribution in [1.29, 1.82) is 0 Å². The van der Waals surface area contributed by atoms with Crippen LogP contribution in [-0.2, 0) is 0 Å². The fourth-order valence-corrected chi connectivity index (χ4v) is 2.67. The molecular formula is C16H24N2O2. The second kappa shape index (κ2) is 6.27. The Morgan fingerprint density at radius 2 is 2.00 bits per heavy atom. The number of rotatable bonds is 3. The largest absolute Gasteiger partial charge is 0.393 e. The number of piperidine rings is 1. The number of aliphatic hydroxyl groups excluding tert-OH is 1. The second-order valence-electron chi connectivity index (χ2n) is 5.84. The highest BCUT2D eigenvalue weighted by Gasteiger charge is 2.26. The first-order valence-corrected chi connectivity index (χ1v) is 7.23. The minimum absolute atomic E-state index is 0.0701. The molecule has 0 aromatic heterocycles. The number of hydrogen-bond donors (Lipinski definition) is 1. The SMILES string of the molecule is CC(O)C1CCCN(C(=O)c2ccc(N(C)C)cc2)C1. The maximum atomic E-state index is 12.5. The van der Waals surface area contributed by atoms with Gasteiger partial charge in [-0.1, -0.05) is 0 Å². The van der Waals surface area contributed by atoms with Crippen molar-refractivity contribution in [2.75, 3.05) is 32.1 Å². The van der Waals surface area contributed by atoms with Gasteiger partial charge in [0.15, 0.2) is 0 Å². The molecule has 1 heterocycles. The number of amides is 1. The van der Waals surface area contributed by atoms with Gasteiger partial charge in [0.1, 0.15) is 0 Å². The Bertz CT molecular complexity index is 454. The fraction of sp³-hybridized carbons (Fsp3) is 0.562. The highest BCUT2D eigenvalue weighted by Crippen LogP contribution is 2.22. The fourth-order valence-electron chi connectivity index (χ4n) is 2.67. The molecule has 0 bridgehead atoms. The predicted molar refractivity (Wildman–Crippen MR) is 81.1 cm³/mol. The molecule has 2 unspecified atom stereocenters. The third-order valence-electron chi connectivity index (χ3n) is 4.06. The Labute approximate surface area is 121 Å². The van der Waals surface area contributed by atoms with Gasteiger partial charge in [0.25, 0.3) is 5.91 Å². The summed E-state index contributed by atoms with van der Waals surface area (Å²) in [5.74, 6) is 0.273. The lowest BCUT2D eigenvalue weighted by Crippen LogP contribution is -2.42. The minimum atomic E-state index is -0.346. The molecule has 0 spiro atoms.